The van der Waals surface area contributed by atoms with Crippen molar-refractivity contribution in [2.45, 2.75) is 18.9 Å². The van der Waals surface area contributed by atoms with Gasteiger partial charge in [0.2, 0.25) is 0 Å². The molecule has 0 N–H and O–H groups in total. The largest absolute Gasteiger partial charge is 0.497 e. The van der Waals surface area contributed by atoms with Crippen LogP contribution >= 0.6 is 0 Å². The van der Waals surface area contributed by atoms with Crippen molar-refractivity contribution in [3.05, 3.63) is 66.7 Å². The Morgan fingerprint density at radius 1 is 1.04 bits per heavy atom. The highest BCUT2D eigenvalue weighted by Gasteiger charge is 2.24. The van der Waals surface area contributed by atoms with Gasteiger partial charge in [-0.15, -0.1) is 6.58 Å². The lowest BCUT2D eigenvalue weighted by Crippen LogP contribution is -2.23. The summed E-state index contributed by atoms with van der Waals surface area (Å²) >= 11 is 0. The standard InChI is InChI=1S/C20H23NO2/c1-3-14-21-15-4-5-20(21)16-6-8-18(9-7-16)23-19-12-10-17(22-2)11-13-19/h3,6-13,20H,1,4-5,14-15H2,2H3. The van der Waals surface area contributed by atoms with Gasteiger partial charge in [-0.3, -0.25) is 4.90 Å². The Morgan fingerprint density at radius 2 is 1.65 bits per heavy atom. The molecule has 0 amide bonds. The van der Waals surface area contributed by atoms with Crippen molar-refractivity contribution in [1.82, 2.24) is 4.90 Å². The lowest BCUT2D eigenvalue weighted by molar-refractivity contribution is 0.285. The van der Waals surface area contributed by atoms with E-state index >= 15 is 0 Å². The van der Waals surface area contributed by atoms with Crippen LogP contribution < -0.4 is 9.47 Å². The predicted molar refractivity (Wildman–Crippen MR) is 93.3 cm³/mol. The molecule has 120 valence electrons. The summed E-state index contributed by atoms with van der Waals surface area (Å²) in [5, 5.41) is 0. The van der Waals surface area contributed by atoms with E-state index in [9.17, 15) is 0 Å². The average Bonchev–Trinajstić information content (AvgIpc) is 3.05. The minimum Gasteiger partial charge on any atom is -0.497 e. The highest BCUT2D eigenvalue weighted by atomic mass is 16.5. The fraction of sp³-hybridized carbons (Fsp3) is 0.300. The topological polar surface area (TPSA) is 21.7 Å². The fourth-order valence-corrected chi connectivity index (χ4v) is 3.13. The van der Waals surface area contributed by atoms with Gasteiger partial charge in [0.15, 0.2) is 0 Å². The molecule has 0 radical (unpaired) electrons. The monoisotopic (exact) mass is 309 g/mol. The molecule has 1 unspecified atom stereocenters. The number of nitrogens with zero attached hydrogens (tertiary/aromatic N) is 1. The quantitative estimate of drug-likeness (QED) is 0.715. The molecule has 3 heteroatoms. The first-order chi connectivity index (χ1) is 11.3. The molecule has 0 saturated carbocycles. The molecule has 0 aliphatic carbocycles. The third kappa shape index (κ3) is 3.74. The summed E-state index contributed by atoms with van der Waals surface area (Å²) in [5.41, 5.74) is 1.35. The molecule has 23 heavy (non-hydrogen) atoms. The van der Waals surface area contributed by atoms with E-state index in [0.717, 1.165) is 30.3 Å². The van der Waals surface area contributed by atoms with Gasteiger partial charge in [-0.2, -0.15) is 0 Å². The first-order valence-corrected chi connectivity index (χ1v) is 8.07. The fourth-order valence-electron chi connectivity index (χ4n) is 3.13. The minimum atomic E-state index is 0.503. The number of likely N-dealkylation sites (tertiary alicyclic amines) is 1. The molecule has 1 heterocycles. The van der Waals surface area contributed by atoms with Gasteiger partial charge in [-0.05, 0) is 61.3 Å². The van der Waals surface area contributed by atoms with E-state index in [1.165, 1.54) is 18.4 Å². The molecule has 2 aromatic carbocycles. The first kappa shape index (κ1) is 15.6. The Bertz CT molecular complexity index is 634. The van der Waals surface area contributed by atoms with E-state index in [2.05, 4.69) is 23.6 Å². The van der Waals surface area contributed by atoms with Crippen LogP contribution in [0.2, 0.25) is 0 Å². The molecule has 3 nitrogen and oxygen atoms in total. The number of methoxy groups -OCH3 is 1. The van der Waals surface area contributed by atoms with Gasteiger partial charge in [0.05, 0.1) is 7.11 Å². The summed E-state index contributed by atoms with van der Waals surface area (Å²) in [6, 6.07) is 16.6. The lowest BCUT2D eigenvalue weighted by Gasteiger charge is -2.23. The minimum absolute atomic E-state index is 0.503. The summed E-state index contributed by atoms with van der Waals surface area (Å²) in [5.74, 6) is 2.50. The van der Waals surface area contributed by atoms with Crippen LogP contribution in [0.3, 0.4) is 0 Å². The number of benzene rings is 2. The van der Waals surface area contributed by atoms with Crippen molar-refractivity contribution in [3.8, 4) is 17.2 Å². The molecule has 1 aliphatic heterocycles. The van der Waals surface area contributed by atoms with Gasteiger partial charge >= 0.3 is 0 Å². The van der Waals surface area contributed by atoms with Crippen LogP contribution in [0.5, 0.6) is 17.2 Å². The van der Waals surface area contributed by atoms with Crippen molar-refractivity contribution in [1.29, 1.82) is 0 Å². The average molecular weight is 309 g/mol. The Hall–Kier alpha value is -2.26. The second kappa shape index (κ2) is 7.34. The molecule has 1 aliphatic rings. The summed E-state index contributed by atoms with van der Waals surface area (Å²) < 4.78 is 11.0. The molecule has 0 spiro atoms. The van der Waals surface area contributed by atoms with Gasteiger partial charge in [0, 0.05) is 12.6 Å². The van der Waals surface area contributed by atoms with Crippen LogP contribution in [-0.2, 0) is 0 Å². The van der Waals surface area contributed by atoms with Gasteiger partial charge in [-0.25, -0.2) is 0 Å². The van der Waals surface area contributed by atoms with E-state index in [-0.39, 0.29) is 0 Å². The van der Waals surface area contributed by atoms with Gasteiger partial charge in [0.1, 0.15) is 17.2 Å². The number of ether oxygens (including phenoxy) is 2. The third-order valence-corrected chi connectivity index (χ3v) is 4.29. The molecular weight excluding hydrogens is 286 g/mol. The molecule has 1 saturated heterocycles. The molecule has 0 aromatic heterocycles. The zero-order valence-corrected chi connectivity index (χ0v) is 13.6. The second-order valence-corrected chi connectivity index (χ2v) is 5.79. The van der Waals surface area contributed by atoms with E-state index in [1.807, 2.05) is 42.5 Å². The molecule has 1 atom stereocenters. The van der Waals surface area contributed by atoms with Crippen molar-refractivity contribution >= 4 is 0 Å². The van der Waals surface area contributed by atoms with Crippen LogP contribution in [-0.4, -0.2) is 25.1 Å². The van der Waals surface area contributed by atoms with E-state index in [4.69, 9.17) is 9.47 Å². The Labute approximate surface area is 138 Å². The highest BCUT2D eigenvalue weighted by Crippen LogP contribution is 2.33. The Kier molecular flexibility index (Phi) is 4.99. The van der Waals surface area contributed by atoms with Gasteiger partial charge in [-0.1, -0.05) is 18.2 Å². The highest BCUT2D eigenvalue weighted by molar-refractivity contribution is 5.37. The van der Waals surface area contributed by atoms with Crippen molar-refractivity contribution in [3.63, 3.8) is 0 Å². The van der Waals surface area contributed by atoms with Crippen LogP contribution in [0.25, 0.3) is 0 Å². The zero-order valence-electron chi connectivity index (χ0n) is 13.6. The predicted octanol–water partition coefficient (Wildman–Crippen LogP) is 4.81. The summed E-state index contributed by atoms with van der Waals surface area (Å²) in [6.45, 7) is 5.96. The van der Waals surface area contributed by atoms with Crippen molar-refractivity contribution in [2.75, 3.05) is 20.2 Å². The van der Waals surface area contributed by atoms with Crippen molar-refractivity contribution < 1.29 is 9.47 Å². The number of hydrogen-bond acceptors (Lipinski definition) is 3. The first-order valence-electron chi connectivity index (χ1n) is 8.07. The van der Waals surface area contributed by atoms with Crippen molar-refractivity contribution in [2.24, 2.45) is 0 Å². The molecule has 0 bridgehead atoms. The molecule has 1 fully saturated rings. The molecular formula is C20H23NO2. The molecule has 3 rings (SSSR count). The molecule has 2 aromatic rings. The van der Waals surface area contributed by atoms with Crippen LogP contribution in [0.1, 0.15) is 24.4 Å². The van der Waals surface area contributed by atoms with E-state index < -0.39 is 0 Å². The maximum Gasteiger partial charge on any atom is 0.127 e. The van der Waals surface area contributed by atoms with Crippen LogP contribution in [0.4, 0.5) is 0 Å². The summed E-state index contributed by atoms with van der Waals surface area (Å²) in [4.78, 5) is 2.48. The maximum atomic E-state index is 5.88. The third-order valence-electron chi connectivity index (χ3n) is 4.29. The maximum absolute atomic E-state index is 5.88. The second-order valence-electron chi connectivity index (χ2n) is 5.79. The van der Waals surface area contributed by atoms with Gasteiger partial charge in [0.25, 0.3) is 0 Å². The SMILES string of the molecule is C=CCN1CCCC1c1ccc(Oc2ccc(OC)cc2)cc1. The smallest absolute Gasteiger partial charge is 0.127 e. The summed E-state index contributed by atoms with van der Waals surface area (Å²) in [6.07, 6.45) is 4.45. The normalized spacial score (nSPS) is 17.9. The van der Waals surface area contributed by atoms with E-state index in [1.54, 1.807) is 7.11 Å². The summed E-state index contributed by atoms with van der Waals surface area (Å²) in [7, 11) is 1.66. The van der Waals surface area contributed by atoms with Crippen LogP contribution in [0.15, 0.2) is 61.2 Å². The lowest BCUT2D eigenvalue weighted by atomic mass is 10.0. The van der Waals surface area contributed by atoms with Gasteiger partial charge < -0.3 is 9.47 Å². The van der Waals surface area contributed by atoms with Crippen LogP contribution in [0, 0.1) is 0 Å². The number of hydrogen-bond donors (Lipinski definition) is 0. The number of rotatable bonds is 6. The van der Waals surface area contributed by atoms with E-state index in [0.29, 0.717) is 6.04 Å². The Morgan fingerprint density at radius 3 is 2.26 bits per heavy atom. The Balaban J connectivity index is 1.67. The zero-order chi connectivity index (χ0) is 16.1.